The van der Waals surface area contributed by atoms with Crippen molar-refractivity contribution in [2.24, 2.45) is 0 Å². The van der Waals surface area contributed by atoms with E-state index in [1.807, 2.05) is 12.4 Å². The maximum absolute atomic E-state index is 4.05. The number of hydrogen-bond acceptors (Lipinski definition) is 3. The molecule has 0 spiro atoms. The molecular formula is C16H29N3. The largest absolute Gasteiger partial charge is 0.312 e. The maximum atomic E-state index is 4.05. The highest BCUT2D eigenvalue weighted by atomic mass is 15.1. The minimum Gasteiger partial charge on any atom is -0.312 e. The van der Waals surface area contributed by atoms with E-state index in [-0.39, 0.29) is 0 Å². The van der Waals surface area contributed by atoms with Crippen LogP contribution in [0.15, 0.2) is 24.5 Å². The molecule has 0 amide bonds. The quantitative estimate of drug-likeness (QED) is 0.742. The SMILES string of the molecule is CCC(CC)NCC(C)N(C)CCc1ccncc1. The molecule has 0 radical (unpaired) electrons. The standard InChI is InChI=1S/C16H29N3/c1-5-16(6-2)18-13-14(3)19(4)12-9-15-7-10-17-11-8-15/h7-8,10-11,14,16,18H,5-6,9,12-13H2,1-4H3. The van der Waals surface area contributed by atoms with Gasteiger partial charge in [-0.2, -0.15) is 0 Å². The molecule has 1 aromatic heterocycles. The van der Waals surface area contributed by atoms with Gasteiger partial charge in [-0.25, -0.2) is 0 Å². The number of hydrogen-bond donors (Lipinski definition) is 1. The van der Waals surface area contributed by atoms with Gasteiger partial charge in [0.15, 0.2) is 0 Å². The van der Waals surface area contributed by atoms with Crippen LogP contribution < -0.4 is 5.32 Å². The number of nitrogens with zero attached hydrogens (tertiary/aromatic N) is 2. The van der Waals surface area contributed by atoms with Crippen LogP contribution in [0.4, 0.5) is 0 Å². The van der Waals surface area contributed by atoms with Gasteiger partial charge < -0.3 is 10.2 Å². The Morgan fingerprint density at radius 3 is 2.42 bits per heavy atom. The Morgan fingerprint density at radius 2 is 1.84 bits per heavy atom. The average Bonchev–Trinajstić information content (AvgIpc) is 2.46. The maximum Gasteiger partial charge on any atom is 0.0270 e. The summed E-state index contributed by atoms with van der Waals surface area (Å²) in [5.74, 6) is 0. The van der Waals surface area contributed by atoms with E-state index in [1.54, 1.807) is 0 Å². The Morgan fingerprint density at radius 1 is 1.21 bits per heavy atom. The highest BCUT2D eigenvalue weighted by Crippen LogP contribution is 2.03. The summed E-state index contributed by atoms with van der Waals surface area (Å²) in [6.45, 7) is 8.95. The lowest BCUT2D eigenvalue weighted by Crippen LogP contribution is -2.42. The number of nitrogens with one attached hydrogen (secondary N) is 1. The molecule has 0 fully saturated rings. The third-order valence-electron chi connectivity index (χ3n) is 3.94. The van der Waals surface area contributed by atoms with Gasteiger partial charge in [-0.3, -0.25) is 4.98 Å². The van der Waals surface area contributed by atoms with Gasteiger partial charge in [-0.15, -0.1) is 0 Å². The van der Waals surface area contributed by atoms with Gasteiger partial charge in [0.25, 0.3) is 0 Å². The molecule has 0 saturated carbocycles. The van der Waals surface area contributed by atoms with Crippen LogP contribution >= 0.6 is 0 Å². The Bertz CT molecular complexity index is 322. The van der Waals surface area contributed by atoms with E-state index in [1.165, 1.54) is 18.4 Å². The van der Waals surface area contributed by atoms with Crippen LogP contribution in [0.1, 0.15) is 39.2 Å². The lowest BCUT2D eigenvalue weighted by Gasteiger charge is -2.27. The monoisotopic (exact) mass is 263 g/mol. The summed E-state index contributed by atoms with van der Waals surface area (Å²) in [4.78, 5) is 6.48. The van der Waals surface area contributed by atoms with Crippen LogP contribution in [0.2, 0.25) is 0 Å². The summed E-state index contributed by atoms with van der Waals surface area (Å²) < 4.78 is 0. The Kier molecular flexibility index (Phi) is 7.68. The molecule has 19 heavy (non-hydrogen) atoms. The van der Waals surface area contributed by atoms with Crippen molar-refractivity contribution in [3.05, 3.63) is 30.1 Å². The zero-order chi connectivity index (χ0) is 14.1. The zero-order valence-corrected chi connectivity index (χ0v) is 12.9. The first-order valence-electron chi connectivity index (χ1n) is 7.49. The van der Waals surface area contributed by atoms with Crippen molar-refractivity contribution >= 4 is 0 Å². The highest BCUT2D eigenvalue weighted by molar-refractivity contribution is 5.09. The highest BCUT2D eigenvalue weighted by Gasteiger charge is 2.10. The molecule has 108 valence electrons. The normalized spacial score (nSPS) is 13.2. The molecule has 1 aromatic rings. The topological polar surface area (TPSA) is 28.2 Å². The lowest BCUT2D eigenvalue weighted by molar-refractivity contribution is 0.246. The van der Waals surface area contributed by atoms with Crippen molar-refractivity contribution in [1.82, 2.24) is 15.2 Å². The molecule has 1 N–H and O–H groups in total. The third kappa shape index (κ3) is 6.17. The van der Waals surface area contributed by atoms with E-state index < -0.39 is 0 Å². The summed E-state index contributed by atoms with van der Waals surface area (Å²) in [7, 11) is 2.21. The van der Waals surface area contributed by atoms with Gasteiger partial charge in [-0.1, -0.05) is 13.8 Å². The van der Waals surface area contributed by atoms with E-state index in [9.17, 15) is 0 Å². The lowest BCUT2D eigenvalue weighted by atomic mass is 10.1. The first kappa shape index (κ1) is 16.1. The minimum absolute atomic E-state index is 0.572. The second-order valence-electron chi connectivity index (χ2n) is 5.36. The molecular weight excluding hydrogens is 234 g/mol. The molecule has 0 aliphatic rings. The summed E-state index contributed by atoms with van der Waals surface area (Å²) in [5, 5.41) is 3.65. The second kappa shape index (κ2) is 9.05. The van der Waals surface area contributed by atoms with Gasteiger partial charge in [0.2, 0.25) is 0 Å². The average molecular weight is 263 g/mol. The third-order valence-corrected chi connectivity index (χ3v) is 3.94. The molecule has 1 unspecified atom stereocenters. The van der Waals surface area contributed by atoms with E-state index in [0.717, 1.165) is 19.5 Å². The van der Waals surface area contributed by atoms with Crippen molar-refractivity contribution in [2.45, 2.75) is 52.1 Å². The predicted molar refractivity (Wildman–Crippen MR) is 82.4 cm³/mol. The molecule has 0 aliphatic carbocycles. The van der Waals surface area contributed by atoms with Crippen molar-refractivity contribution in [3.8, 4) is 0 Å². The van der Waals surface area contributed by atoms with Crippen molar-refractivity contribution < 1.29 is 0 Å². The number of aromatic nitrogens is 1. The van der Waals surface area contributed by atoms with E-state index in [2.05, 4.69) is 55.2 Å². The number of rotatable bonds is 9. The van der Waals surface area contributed by atoms with Gasteiger partial charge in [0.1, 0.15) is 0 Å². The predicted octanol–water partition coefficient (Wildman–Crippen LogP) is 2.72. The zero-order valence-electron chi connectivity index (χ0n) is 12.9. The van der Waals surface area contributed by atoms with Crippen LogP contribution in [0.5, 0.6) is 0 Å². The first-order chi connectivity index (χ1) is 9.17. The number of pyridine rings is 1. The second-order valence-corrected chi connectivity index (χ2v) is 5.36. The van der Waals surface area contributed by atoms with Crippen LogP contribution in [0.3, 0.4) is 0 Å². The van der Waals surface area contributed by atoms with Gasteiger partial charge >= 0.3 is 0 Å². The van der Waals surface area contributed by atoms with Gasteiger partial charge in [-0.05, 0) is 50.9 Å². The molecule has 1 atom stereocenters. The molecule has 3 nitrogen and oxygen atoms in total. The smallest absolute Gasteiger partial charge is 0.0270 e. The molecule has 1 rings (SSSR count). The fourth-order valence-corrected chi connectivity index (χ4v) is 2.15. The molecule has 3 heteroatoms. The van der Waals surface area contributed by atoms with Crippen LogP contribution in [0.25, 0.3) is 0 Å². The summed E-state index contributed by atoms with van der Waals surface area (Å²) >= 11 is 0. The van der Waals surface area contributed by atoms with Crippen molar-refractivity contribution in [3.63, 3.8) is 0 Å². The molecule has 1 heterocycles. The van der Waals surface area contributed by atoms with E-state index >= 15 is 0 Å². The molecule has 0 bridgehead atoms. The van der Waals surface area contributed by atoms with Crippen molar-refractivity contribution in [2.75, 3.05) is 20.1 Å². The molecule has 0 saturated heterocycles. The van der Waals surface area contributed by atoms with Gasteiger partial charge in [0, 0.05) is 37.6 Å². The van der Waals surface area contributed by atoms with E-state index in [0.29, 0.717) is 12.1 Å². The molecule has 0 aromatic carbocycles. The minimum atomic E-state index is 0.572. The number of likely N-dealkylation sites (N-methyl/N-ethyl adjacent to an activating group) is 1. The fraction of sp³-hybridized carbons (Fsp3) is 0.688. The van der Waals surface area contributed by atoms with Crippen molar-refractivity contribution in [1.29, 1.82) is 0 Å². The summed E-state index contributed by atoms with van der Waals surface area (Å²) in [6.07, 6.45) is 7.25. The Labute approximate surface area is 118 Å². The Balaban J connectivity index is 2.26. The Hall–Kier alpha value is -0.930. The summed E-state index contributed by atoms with van der Waals surface area (Å²) in [6, 6.07) is 5.43. The van der Waals surface area contributed by atoms with Gasteiger partial charge in [0.05, 0.1) is 0 Å². The van der Waals surface area contributed by atoms with Crippen LogP contribution in [-0.2, 0) is 6.42 Å². The van der Waals surface area contributed by atoms with E-state index in [4.69, 9.17) is 0 Å². The van der Waals surface area contributed by atoms with Crippen LogP contribution in [0, 0.1) is 0 Å². The van der Waals surface area contributed by atoms with Crippen LogP contribution in [-0.4, -0.2) is 42.1 Å². The molecule has 0 aliphatic heterocycles. The summed E-state index contributed by atoms with van der Waals surface area (Å²) in [5.41, 5.74) is 1.36. The first-order valence-corrected chi connectivity index (χ1v) is 7.49. The fourth-order valence-electron chi connectivity index (χ4n) is 2.15.